The van der Waals surface area contributed by atoms with Crippen LogP contribution in [0.25, 0.3) is 0 Å². The van der Waals surface area contributed by atoms with Gasteiger partial charge in [0, 0.05) is 35.4 Å². The van der Waals surface area contributed by atoms with E-state index in [0.29, 0.717) is 6.54 Å². The molecule has 0 aliphatic heterocycles. The predicted molar refractivity (Wildman–Crippen MR) is 69.3 cm³/mol. The van der Waals surface area contributed by atoms with Crippen molar-refractivity contribution in [2.75, 3.05) is 19.5 Å². The Bertz CT molecular complexity index is 307. The lowest BCUT2D eigenvalue weighted by molar-refractivity contribution is 0.200. The molecule has 0 radical (unpaired) electrons. The second kappa shape index (κ2) is 7.28. The molecule has 0 atom stereocenters. The van der Waals surface area contributed by atoms with Gasteiger partial charge in [0.05, 0.1) is 0 Å². The van der Waals surface area contributed by atoms with Gasteiger partial charge in [0.15, 0.2) is 0 Å². The molecular formula is C11H16BrNOS. The summed E-state index contributed by atoms with van der Waals surface area (Å²) in [5, 5.41) is 0. The Morgan fingerprint density at radius 1 is 1.47 bits per heavy atom. The van der Waals surface area contributed by atoms with E-state index in [4.69, 9.17) is 10.5 Å². The Balaban J connectivity index is 2.56. The summed E-state index contributed by atoms with van der Waals surface area (Å²) >= 11 is 5.35. The van der Waals surface area contributed by atoms with Crippen molar-refractivity contribution in [3.8, 4) is 0 Å². The van der Waals surface area contributed by atoms with Gasteiger partial charge in [-0.25, -0.2) is 0 Å². The molecule has 0 saturated carbocycles. The first-order valence-corrected chi connectivity index (χ1v) is 6.66. The van der Waals surface area contributed by atoms with Gasteiger partial charge < -0.3 is 10.5 Å². The Morgan fingerprint density at radius 2 is 2.27 bits per heavy atom. The van der Waals surface area contributed by atoms with Crippen molar-refractivity contribution in [2.45, 2.75) is 17.9 Å². The van der Waals surface area contributed by atoms with Gasteiger partial charge in [-0.05, 0) is 24.1 Å². The van der Waals surface area contributed by atoms with Crippen molar-refractivity contribution in [3.05, 3.63) is 28.2 Å². The average Bonchev–Trinajstić information content (AvgIpc) is 2.24. The van der Waals surface area contributed by atoms with E-state index in [9.17, 15) is 0 Å². The highest BCUT2D eigenvalue weighted by Crippen LogP contribution is 2.28. The molecular weight excluding hydrogens is 274 g/mol. The third-order valence-corrected chi connectivity index (χ3v) is 3.96. The fourth-order valence-corrected chi connectivity index (χ4v) is 2.94. The molecule has 2 N–H and O–H groups in total. The molecule has 1 aromatic carbocycles. The molecule has 0 bridgehead atoms. The summed E-state index contributed by atoms with van der Waals surface area (Å²) < 4.78 is 6.11. The molecule has 0 fully saturated rings. The Kier molecular flexibility index (Phi) is 6.32. The Labute approximate surface area is 104 Å². The first-order valence-electron chi connectivity index (χ1n) is 4.88. The molecule has 1 rings (SSSR count). The van der Waals surface area contributed by atoms with Gasteiger partial charge in [-0.3, -0.25) is 0 Å². The van der Waals surface area contributed by atoms with Crippen molar-refractivity contribution >= 4 is 27.7 Å². The Hall–Kier alpha value is -0.0300. The molecule has 15 heavy (non-hydrogen) atoms. The highest BCUT2D eigenvalue weighted by atomic mass is 79.9. The van der Waals surface area contributed by atoms with Crippen LogP contribution in [0.1, 0.15) is 12.0 Å². The van der Waals surface area contributed by atoms with E-state index in [-0.39, 0.29) is 0 Å². The molecule has 0 aliphatic carbocycles. The predicted octanol–water partition coefficient (Wildman–Crippen LogP) is 3.04. The summed E-state index contributed by atoms with van der Waals surface area (Å²) in [5.74, 6) is 1.07. The zero-order valence-electron chi connectivity index (χ0n) is 8.83. The first-order chi connectivity index (χ1) is 7.29. The maximum absolute atomic E-state index is 5.71. The maximum Gasteiger partial charge on any atom is 0.0470 e. The average molecular weight is 290 g/mol. The highest BCUT2D eigenvalue weighted by Gasteiger charge is 2.04. The molecule has 1 aromatic rings. The second-order valence-corrected chi connectivity index (χ2v) is 5.11. The van der Waals surface area contributed by atoms with Crippen molar-refractivity contribution in [1.82, 2.24) is 0 Å². The van der Waals surface area contributed by atoms with Gasteiger partial charge in [0.25, 0.3) is 0 Å². The zero-order valence-corrected chi connectivity index (χ0v) is 11.2. The van der Waals surface area contributed by atoms with Crippen LogP contribution in [-0.4, -0.2) is 19.5 Å². The number of rotatable bonds is 6. The van der Waals surface area contributed by atoms with Crippen LogP contribution in [0.2, 0.25) is 0 Å². The standard InChI is InChI=1S/C11H16BrNOS/c1-14-6-3-7-15-11-5-2-4-10(12)9(11)8-13/h2,4-5H,3,6-8,13H2,1H3. The van der Waals surface area contributed by atoms with Crippen molar-refractivity contribution in [1.29, 1.82) is 0 Å². The van der Waals surface area contributed by atoms with E-state index in [1.807, 2.05) is 23.9 Å². The SMILES string of the molecule is COCCCSc1cccc(Br)c1CN. The molecule has 84 valence electrons. The molecule has 0 aromatic heterocycles. The summed E-state index contributed by atoms with van der Waals surface area (Å²) in [6.45, 7) is 1.40. The van der Waals surface area contributed by atoms with Crippen LogP contribution < -0.4 is 5.73 Å². The molecule has 4 heteroatoms. The fourth-order valence-electron chi connectivity index (χ4n) is 1.26. The first kappa shape index (κ1) is 13.0. The van der Waals surface area contributed by atoms with Crippen LogP contribution in [0.3, 0.4) is 0 Å². The molecule has 2 nitrogen and oxygen atoms in total. The minimum atomic E-state index is 0.577. The van der Waals surface area contributed by atoms with Crippen molar-refractivity contribution in [3.63, 3.8) is 0 Å². The molecule has 0 amide bonds. The van der Waals surface area contributed by atoms with Crippen molar-refractivity contribution < 1.29 is 4.74 Å². The zero-order chi connectivity index (χ0) is 11.1. The number of methoxy groups -OCH3 is 1. The summed E-state index contributed by atoms with van der Waals surface area (Å²) in [6, 6.07) is 6.19. The quantitative estimate of drug-likeness (QED) is 0.646. The van der Waals surface area contributed by atoms with Gasteiger partial charge in [-0.15, -0.1) is 11.8 Å². The molecule has 0 saturated heterocycles. The number of nitrogens with two attached hydrogens (primary N) is 1. The normalized spacial score (nSPS) is 10.6. The van der Waals surface area contributed by atoms with Crippen LogP contribution >= 0.6 is 27.7 Å². The van der Waals surface area contributed by atoms with E-state index >= 15 is 0 Å². The molecule has 0 spiro atoms. The van der Waals surface area contributed by atoms with Crippen LogP contribution in [0, 0.1) is 0 Å². The van der Waals surface area contributed by atoms with Gasteiger partial charge >= 0.3 is 0 Å². The lowest BCUT2D eigenvalue weighted by atomic mass is 10.2. The third-order valence-electron chi connectivity index (χ3n) is 2.03. The molecule has 0 heterocycles. The number of hydrogen-bond donors (Lipinski definition) is 1. The topological polar surface area (TPSA) is 35.2 Å². The van der Waals surface area contributed by atoms with Gasteiger partial charge in [0.1, 0.15) is 0 Å². The highest BCUT2D eigenvalue weighted by molar-refractivity contribution is 9.10. The molecule has 0 aliphatic rings. The largest absolute Gasteiger partial charge is 0.385 e. The monoisotopic (exact) mass is 289 g/mol. The van der Waals surface area contributed by atoms with Crippen LogP contribution in [0.4, 0.5) is 0 Å². The van der Waals surface area contributed by atoms with Crippen LogP contribution in [-0.2, 0) is 11.3 Å². The van der Waals surface area contributed by atoms with Gasteiger partial charge in [-0.1, -0.05) is 22.0 Å². The molecule has 0 unspecified atom stereocenters. The minimum absolute atomic E-state index is 0.577. The van der Waals surface area contributed by atoms with E-state index < -0.39 is 0 Å². The van der Waals surface area contributed by atoms with Crippen molar-refractivity contribution in [2.24, 2.45) is 5.73 Å². The number of halogens is 1. The number of thioether (sulfide) groups is 1. The number of benzene rings is 1. The Morgan fingerprint density at radius 3 is 2.93 bits per heavy atom. The third kappa shape index (κ3) is 4.15. The van der Waals surface area contributed by atoms with Crippen LogP contribution in [0.15, 0.2) is 27.6 Å². The van der Waals surface area contributed by atoms with E-state index in [1.54, 1.807) is 7.11 Å². The fraction of sp³-hybridized carbons (Fsp3) is 0.455. The summed E-state index contributed by atoms with van der Waals surface area (Å²) in [5.41, 5.74) is 6.91. The number of ether oxygens (including phenoxy) is 1. The van der Waals surface area contributed by atoms with Gasteiger partial charge in [-0.2, -0.15) is 0 Å². The lowest BCUT2D eigenvalue weighted by Gasteiger charge is -2.08. The summed E-state index contributed by atoms with van der Waals surface area (Å²) in [7, 11) is 1.73. The lowest BCUT2D eigenvalue weighted by Crippen LogP contribution is -2.00. The second-order valence-electron chi connectivity index (χ2n) is 3.12. The van der Waals surface area contributed by atoms with E-state index in [1.165, 1.54) is 10.5 Å². The van der Waals surface area contributed by atoms with E-state index in [0.717, 1.165) is 23.3 Å². The summed E-state index contributed by atoms with van der Waals surface area (Å²) in [4.78, 5) is 1.27. The summed E-state index contributed by atoms with van der Waals surface area (Å²) in [6.07, 6.45) is 1.07. The van der Waals surface area contributed by atoms with Crippen LogP contribution in [0.5, 0.6) is 0 Å². The maximum atomic E-state index is 5.71. The van der Waals surface area contributed by atoms with Gasteiger partial charge in [0.2, 0.25) is 0 Å². The smallest absolute Gasteiger partial charge is 0.0470 e. The van der Waals surface area contributed by atoms with E-state index in [2.05, 4.69) is 22.0 Å². The minimum Gasteiger partial charge on any atom is -0.385 e. The number of hydrogen-bond acceptors (Lipinski definition) is 3.